The van der Waals surface area contributed by atoms with Gasteiger partial charge in [0.15, 0.2) is 0 Å². The predicted molar refractivity (Wildman–Crippen MR) is 90.3 cm³/mol. The fourth-order valence-corrected chi connectivity index (χ4v) is 3.23. The van der Waals surface area contributed by atoms with Crippen LogP contribution in [0.25, 0.3) is 0 Å². The first-order valence-electron chi connectivity index (χ1n) is 8.40. The molecule has 2 rings (SSSR count). The molecule has 118 valence electrons. The number of anilines is 1. The van der Waals surface area contributed by atoms with Gasteiger partial charge in [-0.05, 0) is 56.5 Å². The molecule has 0 radical (unpaired) electrons. The van der Waals surface area contributed by atoms with Crippen molar-refractivity contribution in [2.45, 2.75) is 52.6 Å². The van der Waals surface area contributed by atoms with Crippen molar-refractivity contribution in [3.8, 4) is 5.75 Å². The molecule has 0 spiro atoms. The van der Waals surface area contributed by atoms with Gasteiger partial charge in [-0.3, -0.25) is 0 Å². The molecule has 0 aliphatic carbocycles. The molecule has 3 atom stereocenters. The fraction of sp³-hybridized carbons (Fsp3) is 0.667. The monoisotopic (exact) mass is 290 g/mol. The highest BCUT2D eigenvalue weighted by Crippen LogP contribution is 2.29. The maximum absolute atomic E-state index is 5.67. The van der Waals surface area contributed by atoms with Crippen LogP contribution in [0.3, 0.4) is 0 Å². The van der Waals surface area contributed by atoms with E-state index >= 15 is 0 Å². The normalized spacial score (nSPS) is 25.9. The van der Waals surface area contributed by atoms with Crippen molar-refractivity contribution in [1.29, 1.82) is 0 Å². The van der Waals surface area contributed by atoms with Crippen LogP contribution < -0.4 is 15.0 Å². The lowest BCUT2D eigenvalue weighted by atomic mass is 9.86. The molecule has 1 aliphatic rings. The smallest absolute Gasteiger partial charge is 0.119 e. The van der Waals surface area contributed by atoms with E-state index in [-0.39, 0.29) is 0 Å². The van der Waals surface area contributed by atoms with Crippen molar-refractivity contribution < 1.29 is 4.74 Å². The van der Waals surface area contributed by atoms with E-state index in [1.807, 2.05) is 0 Å². The van der Waals surface area contributed by atoms with E-state index in [9.17, 15) is 0 Å². The van der Waals surface area contributed by atoms with Gasteiger partial charge >= 0.3 is 0 Å². The topological polar surface area (TPSA) is 24.5 Å². The third-order valence-electron chi connectivity index (χ3n) is 4.68. The highest BCUT2D eigenvalue weighted by atomic mass is 16.5. The van der Waals surface area contributed by atoms with Gasteiger partial charge in [0.25, 0.3) is 0 Å². The Morgan fingerprint density at radius 3 is 2.52 bits per heavy atom. The molecule has 1 aromatic rings. The zero-order valence-corrected chi connectivity index (χ0v) is 13.9. The van der Waals surface area contributed by atoms with Gasteiger partial charge in [-0.1, -0.05) is 20.8 Å². The maximum Gasteiger partial charge on any atom is 0.119 e. The van der Waals surface area contributed by atoms with Crippen LogP contribution in [0.5, 0.6) is 5.75 Å². The van der Waals surface area contributed by atoms with E-state index in [0.29, 0.717) is 18.0 Å². The number of ether oxygens (including phenoxy) is 1. The number of piperidine rings is 1. The predicted octanol–water partition coefficient (Wildman–Crippen LogP) is 3.69. The molecule has 1 fully saturated rings. The zero-order chi connectivity index (χ0) is 15.2. The molecule has 21 heavy (non-hydrogen) atoms. The minimum absolute atomic E-state index is 0.560. The molecule has 1 heterocycles. The highest BCUT2D eigenvalue weighted by Gasteiger charge is 2.31. The molecule has 1 saturated heterocycles. The number of nitrogens with one attached hydrogen (secondary N) is 1. The van der Waals surface area contributed by atoms with Crippen molar-refractivity contribution >= 4 is 5.69 Å². The number of nitrogens with zero attached hydrogens (tertiary/aromatic N) is 1. The van der Waals surface area contributed by atoms with Gasteiger partial charge in [-0.25, -0.2) is 0 Å². The molecule has 0 amide bonds. The third kappa shape index (κ3) is 3.91. The van der Waals surface area contributed by atoms with Gasteiger partial charge in [-0.15, -0.1) is 0 Å². The molecule has 0 aromatic heterocycles. The van der Waals surface area contributed by atoms with Crippen molar-refractivity contribution in [3.63, 3.8) is 0 Å². The summed E-state index contributed by atoms with van der Waals surface area (Å²) in [5.74, 6) is 1.64. The molecule has 3 heteroatoms. The standard InChI is InChI=1S/C18H30N2O/c1-5-13-21-17-9-7-16(8-10-17)20-12-11-18(19-6-2)14(3)15(20)4/h7-10,14-15,18-19H,5-6,11-13H2,1-4H3. The Kier molecular flexibility index (Phi) is 5.92. The second-order valence-electron chi connectivity index (χ2n) is 6.09. The second kappa shape index (κ2) is 7.69. The molecule has 0 bridgehead atoms. The lowest BCUT2D eigenvalue weighted by Gasteiger charge is -2.44. The van der Waals surface area contributed by atoms with E-state index in [4.69, 9.17) is 4.74 Å². The Morgan fingerprint density at radius 1 is 1.19 bits per heavy atom. The van der Waals surface area contributed by atoms with E-state index < -0.39 is 0 Å². The SMILES string of the molecule is CCCOc1ccc(N2CCC(NCC)C(C)C2C)cc1. The molecule has 0 saturated carbocycles. The largest absolute Gasteiger partial charge is 0.494 e. The van der Waals surface area contributed by atoms with Gasteiger partial charge in [0.2, 0.25) is 0 Å². The maximum atomic E-state index is 5.67. The number of hydrogen-bond donors (Lipinski definition) is 1. The second-order valence-corrected chi connectivity index (χ2v) is 6.09. The lowest BCUT2D eigenvalue weighted by molar-refractivity contribution is 0.274. The Bertz CT molecular complexity index is 418. The van der Waals surface area contributed by atoms with Gasteiger partial charge in [-0.2, -0.15) is 0 Å². The van der Waals surface area contributed by atoms with Gasteiger partial charge in [0, 0.05) is 24.3 Å². The Hall–Kier alpha value is -1.22. The molecular weight excluding hydrogens is 260 g/mol. The minimum atomic E-state index is 0.560. The average Bonchev–Trinajstić information content (AvgIpc) is 2.51. The van der Waals surface area contributed by atoms with Crippen LogP contribution in [0.1, 0.15) is 40.5 Å². The van der Waals surface area contributed by atoms with Crippen molar-refractivity contribution in [3.05, 3.63) is 24.3 Å². The minimum Gasteiger partial charge on any atom is -0.494 e. The first-order chi connectivity index (χ1) is 10.2. The van der Waals surface area contributed by atoms with Crippen molar-refractivity contribution in [2.24, 2.45) is 5.92 Å². The summed E-state index contributed by atoms with van der Waals surface area (Å²) in [4.78, 5) is 2.53. The van der Waals surface area contributed by atoms with Crippen LogP contribution in [0.2, 0.25) is 0 Å². The van der Waals surface area contributed by atoms with Gasteiger partial charge < -0.3 is 15.0 Å². The average molecular weight is 290 g/mol. The van der Waals surface area contributed by atoms with Crippen molar-refractivity contribution in [2.75, 3.05) is 24.6 Å². The molecular formula is C18H30N2O. The molecule has 3 nitrogen and oxygen atoms in total. The van der Waals surface area contributed by atoms with Crippen LogP contribution in [-0.2, 0) is 0 Å². The number of hydrogen-bond acceptors (Lipinski definition) is 3. The third-order valence-corrected chi connectivity index (χ3v) is 4.68. The summed E-state index contributed by atoms with van der Waals surface area (Å²) in [5, 5.41) is 3.62. The Balaban J connectivity index is 2.01. The number of benzene rings is 1. The van der Waals surface area contributed by atoms with E-state index in [0.717, 1.165) is 31.9 Å². The van der Waals surface area contributed by atoms with Crippen LogP contribution in [0, 0.1) is 5.92 Å². The summed E-state index contributed by atoms with van der Waals surface area (Å²) in [6.45, 7) is 12.0. The first-order valence-corrected chi connectivity index (χ1v) is 8.40. The van der Waals surface area contributed by atoms with Crippen LogP contribution in [0.4, 0.5) is 5.69 Å². The summed E-state index contributed by atoms with van der Waals surface area (Å²) >= 11 is 0. The van der Waals surface area contributed by atoms with E-state index in [2.05, 4.69) is 62.2 Å². The van der Waals surface area contributed by atoms with Crippen LogP contribution in [0.15, 0.2) is 24.3 Å². The lowest BCUT2D eigenvalue weighted by Crippen LogP contribution is -2.53. The van der Waals surface area contributed by atoms with Crippen LogP contribution >= 0.6 is 0 Å². The molecule has 1 N–H and O–H groups in total. The summed E-state index contributed by atoms with van der Waals surface area (Å²) in [6.07, 6.45) is 2.27. The summed E-state index contributed by atoms with van der Waals surface area (Å²) < 4.78 is 5.67. The van der Waals surface area contributed by atoms with Gasteiger partial charge in [0.1, 0.15) is 5.75 Å². The molecule has 3 unspecified atom stereocenters. The Morgan fingerprint density at radius 2 is 1.90 bits per heavy atom. The number of rotatable bonds is 6. The summed E-state index contributed by atoms with van der Waals surface area (Å²) in [7, 11) is 0. The first kappa shape index (κ1) is 16.2. The fourth-order valence-electron chi connectivity index (χ4n) is 3.23. The Labute approximate surface area is 129 Å². The summed E-state index contributed by atoms with van der Waals surface area (Å²) in [6, 6.07) is 9.79. The quantitative estimate of drug-likeness (QED) is 0.865. The van der Waals surface area contributed by atoms with E-state index in [1.54, 1.807) is 0 Å². The molecule has 1 aliphatic heterocycles. The van der Waals surface area contributed by atoms with Crippen molar-refractivity contribution in [1.82, 2.24) is 5.32 Å². The zero-order valence-electron chi connectivity index (χ0n) is 13.9. The van der Waals surface area contributed by atoms with Gasteiger partial charge in [0.05, 0.1) is 6.61 Å². The molecule has 1 aromatic carbocycles. The highest BCUT2D eigenvalue weighted by molar-refractivity contribution is 5.50. The van der Waals surface area contributed by atoms with Crippen LogP contribution in [-0.4, -0.2) is 31.8 Å². The van der Waals surface area contributed by atoms with E-state index in [1.165, 1.54) is 12.1 Å². The summed E-state index contributed by atoms with van der Waals surface area (Å²) in [5.41, 5.74) is 1.31.